The van der Waals surface area contributed by atoms with Crippen LogP contribution in [-0.4, -0.2) is 96.4 Å². The summed E-state index contributed by atoms with van der Waals surface area (Å²) in [6.45, 7) is 1.25. The standard InChI is InChI=1S/C19H21N7O7S4/c1-2-32-11(27)3-33-24-12(10-6-36-19(20)22-10)15(28)23-13-16(29)26-14(18(30)31)9(4-35-17(13)26)5-37-25-8-34-7-21-25/h6-7,13,17H,2-5,8H2,1H3,(H2,20,22)(H,23,28)(H,30,31)/b24-12-/t13?,17-/m1/s1. The molecule has 0 spiro atoms. The van der Waals surface area contributed by atoms with E-state index in [4.69, 9.17) is 15.3 Å². The van der Waals surface area contributed by atoms with Crippen LogP contribution in [-0.2, 0) is 28.8 Å². The molecule has 3 aliphatic heterocycles. The summed E-state index contributed by atoms with van der Waals surface area (Å²) >= 11 is 5.30. The number of nitrogens with zero attached hydrogens (tertiary/aromatic N) is 5. The van der Waals surface area contributed by atoms with E-state index in [0.29, 0.717) is 23.0 Å². The molecule has 4 heterocycles. The van der Waals surface area contributed by atoms with Crippen molar-refractivity contribution in [3.05, 3.63) is 22.3 Å². The van der Waals surface area contributed by atoms with E-state index in [1.807, 2.05) is 0 Å². The molecule has 0 bridgehead atoms. The van der Waals surface area contributed by atoms with Crippen LogP contribution in [0.3, 0.4) is 0 Å². The average Bonchev–Trinajstić information content (AvgIpc) is 3.55. The number of fused-ring (bicyclic) bond motifs is 1. The van der Waals surface area contributed by atoms with E-state index in [-0.39, 0.29) is 28.8 Å². The van der Waals surface area contributed by atoms with E-state index >= 15 is 0 Å². The fraction of sp³-hybridized carbons (Fsp3) is 0.421. The van der Waals surface area contributed by atoms with Gasteiger partial charge in [0.15, 0.2) is 10.8 Å². The smallest absolute Gasteiger partial charge is 0.352 e. The molecule has 0 radical (unpaired) electrons. The normalized spacial score (nSPS) is 21.0. The third-order valence-corrected chi connectivity index (χ3v) is 8.80. The van der Waals surface area contributed by atoms with Crippen LogP contribution in [0.25, 0.3) is 0 Å². The maximum absolute atomic E-state index is 13.1. The fourth-order valence-corrected chi connectivity index (χ4v) is 7.06. The summed E-state index contributed by atoms with van der Waals surface area (Å²) in [5, 5.41) is 21.3. The number of aromatic nitrogens is 1. The highest BCUT2D eigenvalue weighted by Crippen LogP contribution is 2.41. The van der Waals surface area contributed by atoms with Gasteiger partial charge < -0.3 is 25.7 Å². The van der Waals surface area contributed by atoms with Crippen LogP contribution >= 0.6 is 46.8 Å². The molecule has 1 aromatic rings. The number of hydrogen-bond acceptors (Lipinski definition) is 15. The number of carboxylic acids is 1. The monoisotopic (exact) mass is 587 g/mol. The molecule has 1 unspecified atom stereocenters. The molecule has 1 saturated heterocycles. The van der Waals surface area contributed by atoms with E-state index in [1.165, 1.54) is 45.8 Å². The van der Waals surface area contributed by atoms with Gasteiger partial charge in [-0.25, -0.2) is 19.0 Å². The zero-order valence-corrected chi connectivity index (χ0v) is 22.5. The first kappa shape index (κ1) is 27.1. The maximum atomic E-state index is 13.1. The number of nitrogens with two attached hydrogens (primary N) is 1. The number of esters is 1. The summed E-state index contributed by atoms with van der Waals surface area (Å²) in [4.78, 5) is 59.8. The number of anilines is 1. The van der Waals surface area contributed by atoms with Gasteiger partial charge in [0.05, 0.1) is 18.0 Å². The maximum Gasteiger partial charge on any atom is 0.352 e. The molecular formula is C19H21N7O7S4. The van der Waals surface area contributed by atoms with E-state index in [2.05, 4.69) is 20.6 Å². The van der Waals surface area contributed by atoms with E-state index in [0.717, 1.165) is 11.3 Å². The number of rotatable bonds is 11. The lowest BCUT2D eigenvalue weighted by Gasteiger charge is -2.49. The molecule has 14 nitrogen and oxygen atoms in total. The van der Waals surface area contributed by atoms with Crippen molar-refractivity contribution in [2.24, 2.45) is 10.3 Å². The molecule has 3 aliphatic rings. The molecule has 2 atom stereocenters. The lowest BCUT2D eigenvalue weighted by Crippen LogP contribution is -2.71. The lowest BCUT2D eigenvalue weighted by molar-refractivity contribution is -0.150. The number of ether oxygens (including phenoxy) is 1. The van der Waals surface area contributed by atoms with Gasteiger partial charge in [-0.15, -0.1) is 23.1 Å². The second kappa shape index (κ2) is 12.1. The number of carbonyl (C=O) groups excluding carboxylic acids is 3. The molecule has 2 amide bonds. The molecule has 0 aliphatic carbocycles. The minimum atomic E-state index is -1.22. The molecule has 0 aromatic carbocycles. The van der Waals surface area contributed by atoms with Crippen molar-refractivity contribution in [3.63, 3.8) is 0 Å². The van der Waals surface area contributed by atoms with Crippen molar-refractivity contribution in [1.29, 1.82) is 0 Å². The zero-order valence-electron chi connectivity index (χ0n) is 19.2. The number of hydrazone groups is 1. The number of thioether (sulfide) groups is 2. The van der Waals surface area contributed by atoms with Gasteiger partial charge in [0, 0.05) is 16.9 Å². The van der Waals surface area contributed by atoms with Crippen LogP contribution < -0.4 is 11.1 Å². The number of carboxylic acid groups (broad SMARTS) is 1. The Morgan fingerprint density at radius 1 is 1.41 bits per heavy atom. The molecule has 0 saturated carbocycles. The second-order valence-electron chi connectivity index (χ2n) is 7.35. The van der Waals surface area contributed by atoms with Gasteiger partial charge in [0.2, 0.25) is 6.61 Å². The summed E-state index contributed by atoms with van der Waals surface area (Å²) in [6.07, 6.45) is 0. The first-order valence-corrected chi connectivity index (χ1v) is 14.5. The minimum absolute atomic E-state index is 0.0819. The summed E-state index contributed by atoms with van der Waals surface area (Å²) in [6, 6.07) is -0.994. The van der Waals surface area contributed by atoms with Crippen molar-refractivity contribution >= 4 is 87.0 Å². The first-order valence-electron chi connectivity index (χ1n) is 10.6. The van der Waals surface area contributed by atoms with Crippen LogP contribution in [0.5, 0.6) is 0 Å². The van der Waals surface area contributed by atoms with Crippen molar-refractivity contribution in [1.82, 2.24) is 19.6 Å². The molecule has 4 N–H and O–H groups in total. The van der Waals surface area contributed by atoms with Gasteiger partial charge in [-0.3, -0.25) is 14.5 Å². The number of hydrogen-bond donors (Lipinski definition) is 3. The van der Waals surface area contributed by atoms with Gasteiger partial charge in [-0.05, 0) is 24.4 Å². The molecule has 1 aromatic heterocycles. The van der Waals surface area contributed by atoms with Gasteiger partial charge in [0.25, 0.3) is 11.8 Å². The van der Waals surface area contributed by atoms with Crippen LogP contribution in [0.1, 0.15) is 12.6 Å². The van der Waals surface area contributed by atoms with Crippen LogP contribution in [0.4, 0.5) is 5.13 Å². The molecule has 37 heavy (non-hydrogen) atoms. The number of amides is 2. The first-order chi connectivity index (χ1) is 17.8. The predicted molar refractivity (Wildman–Crippen MR) is 141 cm³/mol. The highest BCUT2D eigenvalue weighted by molar-refractivity contribution is 8.13. The predicted octanol–water partition coefficient (Wildman–Crippen LogP) is 0.346. The number of oxime groups is 1. The zero-order chi connectivity index (χ0) is 26.5. The Bertz CT molecular complexity index is 1190. The highest BCUT2D eigenvalue weighted by Gasteiger charge is 2.54. The molecule has 18 heteroatoms. The Labute approximate surface area is 227 Å². The Balaban J connectivity index is 1.46. The topological polar surface area (TPSA) is 189 Å². The Morgan fingerprint density at radius 2 is 2.22 bits per heavy atom. The second-order valence-corrected chi connectivity index (χ2v) is 11.1. The summed E-state index contributed by atoms with van der Waals surface area (Å²) in [5.41, 5.74) is 7.69. The summed E-state index contributed by atoms with van der Waals surface area (Å²) in [7, 11) is 0. The number of β-lactam (4-membered cyclic amide) rings is 1. The molecular weight excluding hydrogens is 567 g/mol. The van der Waals surface area contributed by atoms with Gasteiger partial charge in [0.1, 0.15) is 22.8 Å². The number of thiazole rings is 1. The Kier molecular flexibility index (Phi) is 8.83. The number of carbonyl (C=O) groups is 4. The Morgan fingerprint density at radius 3 is 2.86 bits per heavy atom. The van der Waals surface area contributed by atoms with E-state index in [1.54, 1.807) is 16.9 Å². The SMILES string of the molecule is CCOC(=O)CO/N=C(\C(=O)NC1C(=O)N2C(C(=O)O)=C(CSN3CSC=N3)CS[C@H]12)c1csc(N)n1. The van der Waals surface area contributed by atoms with Gasteiger partial charge in [-0.2, -0.15) is 5.10 Å². The van der Waals surface area contributed by atoms with Crippen molar-refractivity contribution in [3.8, 4) is 0 Å². The average molecular weight is 588 g/mol. The molecule has 198 valence electrons. The summed E-state index contributed by atoms with van der Waals surface area (Å²) in [5.74, 6) is -1.86. The largest absolute Gasteiger partial charge is 0.477 e. The van der Waals surface area contributed by atoms with Crippen LogP contribution in [0, 0.1) is 0 Å². The highest BCUT2D eigenvalue weighted by atomic mass is 32.2. The molecule has 1 fully saturated rings. The van der Waals surface area contributed by atoms with E-state index < -0.39 is 41.8 Å². The molecule has 4 rings (SSSR count). The number of aliphatic carboxylic acids is 1. The van der Waals surface area contributed by atoms with Gasteiger partial charge >= 0.3 is 11.9 Å². The van der Waals surface area contributed by atoms with Crippen molar-refractivity contribution in [2.45, 2.75) is 18.3 Å². The van der Waals surface area contributed by atoms with Crippen molar-refractivity contribution in [2.75, 3.05) is 36.3 Å². The Hall–Kier alpha value is -2.96. The van der Waals surface area contributed by atoms with E-state index in [9.17, 15) is 24.3 Å². The van der Waals surface area contributed by atoms with Crippen LogP contribution in [0.15, 0.2) is 26.9 Å². The lowest BCUT2D eigenvalue weighted by atomic mass is 10.0. The third-order valence-electron chi connectivity index (χ3n) is 4.98. The van der Waals surface area contributed by atoms with Crippen LogP contribution in [0.2, 0.25) is 0 Å². The van der Waals surface area contributed by atoms with Gasteiger partial charge in [-0.1, -0.05) is 16.9 Å². The fourth-order valence-electron chi connectivity index (χ4n) is 3.40. The quantitative estimate of drug-likeness (QED) is 0.106. The number of nitrogen functional groups attached to an aromatic ring is 1. The summed E-state index contributed by atoms with van der Waals surface area (Å²) < 4.78 is 6.50. The minimum Gasteiger partial charge on any atom is -0.477 e. The third kappa shape index (κ3) is 6.13. The number of nitrogens with one attached hydrogen (secondary N) is 1. The van der Waals surface area contributed by atoms with Crippen molar-refractivity contribution < 1.29 is 33.9 Å².